The monoisotopic (exact) mass is 554 g/mol. The van der Waals surface area contributed by atoms with Gasteiger partial charge in [-0.2, -0.15) is 0 Å². The fraction of sp³-hybridized carbons (Fsp3) is 1.00. The minimum absolute atomic E-state index is 0. The molecule has 0 aromatic rings. The van der Waals surface area contributed by atoms with E-state index in [1.54, 1.807) is 0 Å². The van der Waals surface area contributed by atoms with Crippen molar-refractivity contribution in [3.8, 4) is 0 Å². The lowest BCUT2D eigenvalue weighted by Gasteiger charge is -2.06. The molecule has 0 aliphatic carbocycles. The highest BCUT2D eigenvalue weighted by atomic mass is 35.5. The third-order valence-electron chi connectivity index (χ3n) is 6.42. The van der Waals surface area contributed by atoms with Crippen LogP contribution in [0.2, 0.25) is 0 Å². The van der Waals surface area contributed by atoms with Crippen molar-refractivity contribution in [2.45, 2.75) is 128 Å². The normalized spacial score (nSPS) is 11.1. The van der Waals surface area contributed by atoms with Gasteiger partial charge in [-0.3, -0.25) is 0 Å². The van der Waals surface area contributed by atoms with Crippen LogP contribution in [0.1, 0.15) is 128 Å². The van der Waals surface area contributed by atoms with Crippen LogP contribution >= 0.6 is 34.0 Å². The summed E-state index contributed by atoms with van der Waals surface area (Å²) < 4.78 is 0. The van der Waals surface area contributed by atoms with Crippen molar-refractivity contribution in [1.29, 1.82) is 0 Å². The number of unbranched alkanes of at least 4 members (excludes halogenated alkanes) is 18. The quantitative estimate of drug-likeness (QED) is 0.0519. The Morgan fingerprint density at radius 1 is 0.343 bits per heavy atom. The first-order valence-electron chi connectivity index (χ1n) is 15.0. The first kappa shape index (κ1) is 38.0. The third-order valence-corrected chi connectivity index (χ3v) is 8.83. The van der Waals surface area contributed by atoms with Gasteiger partial charge < -0.3 is 22.1 Å². The second-order valence-corrected chi connectivity index (χ2v) is 12.5. The van der Waals surface area contributed by atoms with Crippen molar-refractivity contribution in [1.82, 2.24) is 10.6 Å². The Morgan fingerprint density at radius 2 is 0.600 bits per heavy atom. The fourth-order valence-electron chi connectivity index (χ4n) is 4.21. The van der Waals surface area contributed by atoms with Gasteiger partial charge in [-0.1, -0.05) is 124 Å². The number of hydrogen-bond acceptors (Lipinski definition) is 6. The van der Waals surface area contributed by atoms with Gasteiger partial charge in [0.2, 0.25) is 0 Å². The van der Waals surface area contributed by atoms with Gasteiger partial charge in [0.15, 0.2) is 0 Å². The van der Waals surface area contributed by atoms with E-state index in [-0.39, 0.29) is 12.4 Å². The van der Waals surface area contributed by atoms with Crippen LogP contribution in [0, 0.1) is 0 Å². The van der Waals surface area contributed by atoms with Crippen LogP contribution in [0.25, 0.3) is 0 Å². The summed E-state index contributed by atoms with van der Waals surface area (Å²) in [7, 11) is 4.05. The smallest absolute Gasteiger partial charge is 0.0162 e. The minimum atomic E-state index is 0. The third kappa shape index (κ3) is 37.1. The summed E-state index contributed by atoms with van der Waals surface area (Å²) in [4.78, 5) is 0. The molecule has 4 nitrogen and oxygen atoms in total. The number of halogens is 1. The lowest BCUT2D eigenvalue weighted by atomic mass is 10.1. The van der Waals surface area contributed by atoms with Crippen LogP contribution in [0.5, 0.6) is 0 Å². The van der Waals surface area contributed by atoms with E-state index in [4.69, 9.17) is 11.5 Å². The number of nitrogens with two attached hydrogens (primary N) is 2. The van der Waals surface area contributed by atoms with E-state index in [0.29, 0.717) is 0 Å². The van der Waals surface area contributed by atoms with E-state index in [1.165, 1.54) is 153 Å². The van der Waals surface area contributed by atoms with Gasteiger partial charge in [0.1, 0.15) is 0 Å². The SMILES string of the molecule is Cl.NCCCCCCCCCCCCNCCSSCCNCCCCCCCCCCCCN. The van der Waals surface area contributed by atoms with Crippen molar-refractivity contribution >= 4 is 34.0 Å². The van der Waals surface area contributed by atoms with Crippen molar-refractivity contribution < 1.29 is 0 Å². The average molecular weight is 555 g/mol. The molecule has 0 aromatic carbocycles. The van der Waals surface area contributed by atoms with Crippen LogP contribution < -0.4 is 22.1 Å². The molecule has 0 atom stereocenters. The largest absolute Gasteiger partial charge is 0.330 e. The van der Waals surface area contributed by atoms with Gasteiger partial charge in [-0.15, -0.1) is 12.4 Å². The molecule has 0 aliphatic heterocycles. The molecule has 0 spiro atoms. The zero-order chi connectivity index (χ0) is 24.6. The van der Waals surface area contributed by atoms with E-state index in [9.17, 15) is 0 Å². The fourth-order valence-corrected chi connectivity index (χ4v) is 6.11. The molecule has 0 rings (SSSR count). The summed E-state index contributed by atoms with van der Waals surface area (Å²) in [5.74, 6) is 2.45. The minimum Gasteiger partial charge on any atom is -0.330 e. The maximum atomic E-state index is 5.53. The zero-order valence-corrected chi connectivity index (χ0v) is 25.6. The Morgan fingerprint density at radius 3 is 0.886 bits per heavy atom. The summed E-state index contributed by atoms with van der Waals surface area (Å²) in [5.41, 5.74) is 11.1. The van der Waals surface area contributed by atoms with Gasteiger partial charge in [0.25, 0.3) is 0 Å². The van der Waals surface area contributed by atoms with E-state index in [1.807, 2.05) is 21.6 Å². The molecule has 0 aromatic heterocycles. The Bertz CT molecular complexity index is 323. The Balaban J connectivity index is 0. The van der Waals surface area contributed by atoms with Gasteiger partial charge in [-0.05, 0) is 51.9 Å². The molecular weight excluding hydrogens is 492 g/mol. The summed E-state index contributed by atoms with van der Waals surface area (Å²) in [5, 5.41) is 7.21. The number of hydrogen-bond donors (Lipinski definition) is 4. The Hall–Kier alpha value is 0.830. The maximum absolute atomic E-state index is 5.53. The molecule has 214 valence electrons. The van der Waals surface area contributed by atoms with Crippen molar-refractivity contribution in [3.63, 3.8) is 0 Å². The maximum Gasteiger partial charge on any atom is 0.0162 e. The van der Waals surface area contributed by atoms with Crippen LogP contribution in [0.15, 0.2) is 0 Å². The highest BCUT2D eigenvalue weighted by molar-refractivity contribution is 8.76. The van der Waals surface area contributed by atoms with Crippen molar-refractivity contribution in [2.75, 3.05) is 50.8 Å². The van der Waals surface area contributed by atoms with E-state index < -0.39 is 0 Å². The molecule has 0 fully saturated rings. The van der Waals surface area contributed by atoms with E-state index in [0.717, 1.165) is 26.2 Å². The molecule has 0 saturated carbocycles. The lowest BCUT2D eigenvalue weighted by molar-refractivity contribution is 0.544. The van der Waals surface area contributed by atoms with Crippen LogP contribution in [-0.2, 0) is 0 Å². The average Bonchev–Trinajstić information content (AvgIpc) is 2.85. The number of rotatable bonds is 31. The number of nitrogens with one attached hydrogen (secondary N) is 2. The zero-order valence-electron chi connectivity index (χ0n) is 23.2. The first-order chi connectivity index (χ1) is 16.9. The van der Waals surface area contributed by atoms with E-state index >= 15 is 0 Å². The lowest BCUT2D eigenvalue weighted by Crippen LogP contribution is -2.19. The first-order valence-corrected chi connectivity index (χ1v) is 17.5. The Kier molecular flexibility index (Phi) is 40.1. The van der Waals surface area contributed by atoms with Gasteiger partial charge in [0.05, 0.1) is 0 Å². The predicted molar refractivity (Wildman–Crippen MR) is 168 cm³/mol. The van der Waals surface area contributed by atoms with Gasteiger partial charge in [-0.25, -0.2) is 0 Å². The highest BCUT2D eigenvalue weighted by Crippen LogP contribution is 2.19. The molecule has 0 heterocycles. The topological polar surface area (TPSA) is 76.1 Å². The molecule has 0 aliphatic rings. The molecule has 0 unspecified atom stereocenters. The molecule has 0 amide bonds. The van der Waals surface area contributed by atoms with Crippen molar-refractivity contribution in [2.24, 2.45) is 11.5 Å². The second kappa shape index (κ2) is 37.0. The molecular formula is C28H63ClN4S2. The second-order valence-electron chi connectivity index (χ2n) is 9.79. The summed E-state index contributed by atoms with van der Waals surface area (Å²) >= 11 is 0. The highest BCUT2D eigenvalue weighted by Gasteiger charge is 1.96. The van der Waals surface area contributed by atoms with E-state index in [2.05, 4.69) is 10.6 Å². The predicted octanol–water partition coefficient (Wildman–Crippen LogP) is 7.69. The molecule has 0 bridgehead atoms. The Labute approximate surface area is 234 Å². The summed E-state index contributed by atoms with van der Waals surface area (Å²) in [6.45, 7) is 6.42. The molecule has 7 heteroatoms. The van der Waals surface area contributed by atoms with Crippen LogP contribution in [0.3, 0.4) is 0 Å². The van der Waals surface area contributed by atoms with Gasteiger partial charge >= 0.3 is 0 Å². The molecule has 0 radical (unpaired) electrons. The summed E-state index contributed by atoms with van der Waals surface area (Å²) in [6.07, 6.45) is 27.5. The molecule has 35 heavy (non-hydrogen) atoms. The standard InChI is InChI=1S/C28H62N4S2.ClH/c29-21-17-13-9-5-1-3-7-11-15-19-23-31-25-27-33-34-28-26-32-24-20-16-12-8-4-2-6-10-14-18-22-30;/h31-32H,1-30H2;1H. The van der Waals surface area contributed by atoms with Crippen LogP contribution in [-0.4, -0.2) is 50.8 Å². The van der Waals surface area contributed by atoms with Gasteiger partial charge in [0, 0.05) is 24.6 Å². The summed E-state index contributed by atoms with van der Waals surface area (Å²) in [6, 6.07) is 0. The van der Waals surface area contributed by atoms with Crippen LogP contribution in [0.4, 0.5) is 0 Å². The molecule has 6 N–H and O–H groups in total. The van der Waals surface area contributed by atoms with Crippen molar-refractivity contribution in [3.05, 3.63) is 0 Å². The molecule has 0 saturated heterocycles.